The Kier molecular flexibility index (Phi) is 4.69. The molecule has 2 unspecified atom stereocenters. The third-order valence-corrected chi connectivity index (χ3v) is 2.20. The van der Waals surface area contributed by atoms with Gasteiger partial charge in [0.2, 0.25) is 0 Å². The molecule has 0 bridgehead atoms. The molecular weight excluding hydrogens is 220 g/mol. The number of ether oxygens (including phenoxy) is 2. The molecule has 17 heavy (non-hydrogen) atoms. The second-order valence-corrected chi connectivity index (χ2v) is 3.76. The lowest BCUT2D eigenvalue weighted by Crippen LogP contribution is -2.25. The molecule has 0 saturated heterocycles. The van der Waals surface area contributed by atoms with Crippen molar-refractivity contribution in [3.8, 4) is 0 Å². The molecule has 0 aliphatic heterocycles. The van der Waals surface area contributed by atoms with E-state index in [1.54, 1.807) is 6.92 Å². The third kappa shape index (κ3) is 4.26. The van der Waals surface area contributed by atoms with Gasteiger partial charge in [0.15, 0.2) is 6.10 Å². The molecule has 0 fully saturated rings. The molecule has 92 valence electrons. The van der Waals surface area contributed by atoms with E-state index in [4.69, 9.17) is 9.47 Å². The minimum atomic E-state index is -0.572. The second kappa shape index (κ2) is 6.03. The van der Waals surface area contributed by atoms with E-state index in [1.807, 2.05) is 30.3 Å². The van der Waals surface area contributed by atoms with E-state index in [2.05, 4.69) is 0 Å². The third-order valence-electron chi connectivity index (χ3n) is 2.20. The predicted molar refractivity (Wildman–Crippen MR) is 62.2 cm³/mol. The fraction of sp³-hybridized carbons (Fsp3) is 0.385. The number of rotatable bonds is 4. The van der Waals surface area contributed by atoms with Crippen LogP contribution in [-0.2, 0) is 19.1 Å². The summed E-state index contributed by atoms with van der Waals surface area (Å²) in [7, 11) is 0. The van der Waals surface area contributed by atoms with Gasteiger partial charge in [-0.3, -0.25) is 9.59 Å². The Balaban J connectivity index is 2.87. The van der Waals surface area contributed by atoms with E-state index >= 15 is 0 Å². The Morgan fingerprint density at radius 1 is 1.00 bits per heavy atom. The van der Waals surface area contributed by atoms with Crippen molar-refractivity contribution in [2.24, 2.45) is 0 Å². The topological polar surface area (TPSA) is 52.6 Å². The van der Waals surface area contributed by atoms with E-state index in [-0.39, 0.29) is 0 Å². The zero-order valence-corrected chi connectivity index (χ0v) is 10.2. The van der Waals surface area contributed by atoms with Gasteiger partial charge in [0.05, 0.1) is 0 Å². The van der Waals surface area contributed by atoms with Crippen molar-refractivity contribution in [1.82, 2.24) is 0 Å². The summed E-state index contributed by atoms with van der Waals surface area (Å²) in [6.45, 7) is 4.35. The number of carbonyl (C=O) groups excluding carboxylic acids is 2. The van der Waals surface area contributed by atoms with Crippen molar-refractivity contribution < 1.29 is 19.1 Å². The molecule has 0 amide bonds. The van der Waals surface area contributed by atoms with Gasteiger partial charge in [-0.05, 0) is 12.5 Å². The molecule has 0 N–H and O–H groups in total. The first-order chi connectivity index (χ1) is 8.00. The summed E-state index contributed by atoms with van der Waals surface area (Å²) in [5.74, 6) is -0.802. The highest BCUT2D eigenvalue weighted by Gasteiger charge is 2.24. The van der Waals surface area contributed by atoms with Gasteiger partial charge < -0.3 is 9.47 Å². The van der Waals surface area contributed by atoms with Gasteiger partial charge in [-0.15, -0.1) is 0 Å². The Morgan fingerprint density at radius 2 is 1.53 bits per heavy atom. The van der Waals surface area contributed by atoms with Crippen LogP contribution in [0.25, 0.3) is 0 Å². The first-order valence-corrected chi connectivity index (χ1v) is 5.40. The van der Waals surface area contributed by atoms with Gasteiger partial charge in [0, 0.05) is 13.8 Å². The van der Waals surface area contributed by atoms with E-state index < -0.39 is 24.1 Å². The van der Waals surface area contributed by atoms with E-state index in [0.29, 0.717) is 0 Å². The average Bonchev–Trinajstić information content (AvgIpc) is 2.25. The van der Waals surface area contributed by atoms with Gasteiger partial charge in [-0.2, -0.15) is 0 Å². The van der Waals surface area contributed by atoms with Crippen molar-refractivity contribution in [3.63, 3.8) is 0 Å². The summed E-state index contributed by atoms with van der Waals surface area (Å²) in [6.07, 6.45) is -1.09. The monoisotopic (exact) mass is 236 g/mol. The fourth-order valence-electron chi connectivity index (χ4n) is 1.58. The summed E-state index contributed by atoms with van der Waals surface area (Å²) < 4.78 is 10.2. The fourth-order valence-corrected chi connectivity index (χ4v) is 1.58. The van der Waals surface area contributed by atoms with Crippen LogP contribution >= 0.6 is 0 Å². The first kappa shape index (κ1) is 13.2. The maximum Gasteiger partial charge on any atom is 0.303 e. The molecule has 0 aliphatic carbocycles. The van der Waals surface area contributed by atoms with Gasteiger partial charge in [0.1, 0.15) is 6.10 Å². The van der Waals surface area contributed by atoms with E-state index in [9.17, 15) is 9.59 Å². The van der Waals surface area contributed by atoms with Crippen molar-refractivity contribution in [2.75, 3.05) is 0 Å². The second-order valence-electron chi connectivity index (χ2n) is 3.76. The largest absolute Gasteiger partial charge is 0.459 e. The summed E-state index contributed by atoms with van der Waals surface area (Å²) in [5, 5.41) is 0. The van der Waals surface area contributed by atoms with Crippen LogP contribution in [-0.4, -0.2) is 18.0 Å². The summed E-state index contributed by atoms with van der Waals surface area (Å²) in [5.41, 5.74) is 0.802. The maximum absolute atomic E-state index is 11.1. The highest BCUT2D eigenvalue weighted by Crippen LogP contribution is 2.23. The Bertz CT molecular complexity index is 386. The van der Waals surface area contributed by atoms with Gasteiger partial charge in [-0.1, -0.05) is 30.3 Å². The van der Waals surface area contributed by atoms with Crippen LogP contribution in [0.4, 0.5) is 0 Å². The van der Waals surface area contributed by atoms with Crippen LogP contribution in [0, 0.1) is 0 Å². The molecule has 1 aromatic carbocycles. The normalized spacial score (nSPS) is 13.6. The van der Waals surface area contributed by atoms with Crippen LogP contribution in [0.15, 0.2) is 30.3 Å². The number of esters is 2. The predicted octanol–water partition coefficient (Wildman–Crippen LogP) is 2.24. The molecule has 4 heteroatoms. The Hall–Kier alpha value is -1.84. The molecule has 0 aromatic heterocycles. The molecule has 0 radical (unpaired) electrons. The molecular formula is C13H16O4. The van der Waals surface area contributed by atoms with Crippen molar-refractivity contribution in [1.29, 1.82) is 0 Å². The maximum atomic E-state index is 11.1. The van der Waals surface area contributed by atoms with Crippen molar-refractivity contribution >= 4 is 11.9 Å². The van der Waals surface area contributed by atoms with Gasteiger partial charge >= 0.3 is 11.9 Å². The van der Waals surface area contributed by atoms with E-state index in [1.165, 1.54) is 13.8 Å². The molecule has 0 aliphatic rings. The lowest BCUT2D eigenvalue weighted by Gasteiger charge is -2.23. The van der Waals surface area contributed by atoms with Crippen molar-refractivity contribution in [2.45, 2.75) is 33.0 Å². The van der Waals surface area contributed by atoms with Crippen LogP contribution in [0.2, 0.25) is 0 Å². The highest BCUT2D eigenvalue weighted by atomic mass is 16.6. The molecule has 0 saturated carbocycles. The van der Waals surface area contributed by atoms with Crippen LogP contribution < -0.4 is 0 Å². The minimum Gasteiger partial charge on any atom is -0.459 e. The lowest BCUT2D eigenvalue weighted by atomic mass is 10.1. The summed E-state index contributed by atoms with van der Waals surface area (Å²) in [4.78, 5) is 22.0. The highest BCUT2D eigenvalue weighted by molar-refractivity contribution is 5.67. The van der Waals surface area contributed by atoms with Gasteiger partial charge in [0.25, 0.3) is 0 Å². The van der Waals surface area contributed by atoms with E-state index in [0.717, 1.165) is 5.56 Å². The SMILES string of the molecule is CC(=O)OC(C)C(OC(C)=O)c1ccccc1. The molecule has 2 atom stereocenters. The number of hydrogen-bond acceptors (Lipinski definition) is 4. The van der Waals surface area contributed by atoms with Gasteiger partial charge in [-0.25, -0.2) is 0 Å². The Labute approximate surface area is 101 Å². The smallest absolute Gasteiger partial charge is 0.303 e. The molecule has 0 spiro atoms. The molecule has 0 heterocycles. The number of hydrogen-bond donors (Lipinski definition) is 0. The zero-order valence-electron chi connectivity index (χ0n) is 10.2. The standard InChI is InChI=1S/C13H16O4/c1-9(16-10(2)14)13(17-11(3)15)12-7-5-4-6-8-12/h4-9,13H,1-3H3. The van der Waals surface area contributed by atoms with Crippen LogP contribution in [0.3, 0.4) is 0 Å². The molecule has 1 aromatic rings. The first-order valence-electron chi connectivity index (χ1n) is 5.40. The number of benzene rings is 1. The Morgan fingerprint density at radius 3 is 2.00 bits per heavy atom. The quantitative estimate of drug-likeness (QED) is 0.752. The summed E-state index contributed by atoms with van der Waals surface area (Å²) in [6, 6.07) is 9.20. The minimum absolute atomic E-state index is 0.398. The average molecular weight is 236 g/mol. The van der Waals surface area contributed by atoms with Crippen molar-refractivity contribution in [3.05, 3.63) is 35.9 Å². The lowest BCUT2D eigenvalue weighted by molar-refractivity contribution is -0.164. The zero-order chi connectivity index (χ0) is 12.8. The molecule has 1 rings (SSSR count). The summed E-state index contributed by atoms with van der Waals surface area (Å²) >= 11 is 0. The van der Waals surface area contributed by atoms with Crippen LogP contribution in [0.1, 0.15) is 32.4 Å². The molecule has 4 nitrogen and oxygen atoms in total. The van der Waals surface area contributed by atoms with Crippen LogP contribution in [0.5, 0.6) is 0 Å². The number of carbonyl (C=O) groups is 2.